The van der Waals surface area contributed by atoms with Gasteiger partial charge in [0.1, 0.15) is 22.3 Å². The fourth-order valence-electron chi connectivity index (χ4n) is 9.19. The zero-order chi connectivity index (χ0) is 36.7. The second kappa shape index (κ2) is 12.0. The highest BCUT2D eigenvalue weighted by molar-refractivity contribution is 6.27. The Balaban J connectivity index is 1.10. The number of fused-ring (bicyclic) bond motifs is 9. The van der Waals surface area contributed by atoms with Gasteiger partial charge in [-0.05, 0) is 108 Å². The number of hydrogen-bond donors (Lipinski definition) is 0. The zero-order valence-electron chi connectivity index (χ0n) is 30.3. The molecule has 0 aliphatic carbocycles. The monoisotopic (exact) mass is 712 g/mol. The van der Waals surface area contributed by atoms with E-state index in [1.54, 1.807) is 0 Å². The maximum Gasteiger partial charge on any atom is 0.143 e. The summed E-state index contributed by atoms with van der Waals surface area (Å²) in [5, 5.41) is 11.9. The summed E-state index contributed by atoms with van der Waals surface area (Å²) in [5.41, 5.74) is 12.9. The van der Waals surface area contributed by atoms with Gasteiger partial charge in [0.2, 0.25) is 0 Å². The second-order valence-electron chi connectivity index (χ2n) is 14.7. The predicted octanol–water partition coefficient (Wildman–Crippen LogP) is 15.6. The Morgan fingerprint density at radius 3 is 1.54 bits per heavy atom. The van der Waals surface area contributed by atoms with Crippen LogP contribution >= 0.6 is 0 Å². The summed E-state index contributed by atoms with van der Waals surface area (Å²) in [6, 6.07) is 69.7. The minimum Gasteiger partial charge on any atom is -0.456 e. The molecule has 0 atom stereocenters. The normalized spacial score (nSPS) is 11.9. The summed E-state index contributed by atoms with van der Waals surface area (Å²) in [6.45, 7) is 0. The van der Waals surface area contributed by atoms with Crippen molar-refractivity contribution >= 4 is 76.2 Å². The molecule has 12 rings (SSSR count). The summed E-state index contributed by atoms with van der Waals surface area (Å²) < 4.78 is 13.2. The molecule has 0 bridgehead atoms. The number of benzene rings is 10. The molecule has 2 heterocycles. The molecule has 0 fully saturated rings. The van der Waals surface area contributed by atoms with Crippen LogP contribution < -0.4 is 0 Å². The minimum absolute atomic E-state index is 0.878. The van der Waals surface area contributed by atoms with E-state index >= 15 is 0 Å². The molecule has 12 aromatic rings. The van der Waals surface area contributed by atoms with Crippen molar-refractivity contribution in [3.63, 3.8) is 0 Å². The summed E-state index contributed by atoms with van der Waals surface area (Å²) in [4.78, 5) is 0. The molecule has 0 amide bonds. The maximum atomic E-state index is 6.89. The molecule has 2 nitrogen and oxygen atoms in total. The van der Waals surface area contributed by atoms with Crippen LogP contribution in [0.1, 0.15) is 0 Å². The van der Waals surface area contributed by atoms with Crippen molar-refractivity contribution in [2.24, 2.45) is 0 Å². The molecule has 0 saturated heterocycles. The molecule has 0 aliphatic rings. The van der Waals surface area contributed by atoms with Crippen molar-refractivity contribution in [2.75, 3.05) is 0 Å². The van der Waals surface area contributed by atoms with Gasteiger partial charge in [0, 0.05) is 27.1 Å². The molecule has 0 N–H and O–H groups in total. The van der Waals surface area contributed by atoms with Gasteiger partial charge in [0.15, 0.2) is 0 Å². The van der Waals surface area contributed by atoms with E-state index in [1.165, 1.54) is 49.0 Å². The summed E-state index contributed by atoms with van der Waals surface area (Å²) in [5.74, 6) is 0. The van der Waals surface area contributed by atoms with Gasteiger partial charge < -0.3 is 8.83 Å². The smallest absolute Gasteiger partial charge is 0.143 e. The highest BCUT2D eigenvalue weighted by atomic mass is 16.3. The molecule has 2 heteroatoms. The minimum atomic E-state index is 0.878. The Hall–Kier alpha value is -7.42. The Morgan fingerprint density at radius 1 is 0.268 bits per heavy atom. The highest BCUT2D eigenvalue weighted by Crippen LogP contribution is 2.49. The van der Waals surface area contributed by atoms with Crippen LogP contribution in [-0.4, -0.2) is 0 Å². The van der Waals surface area contributed by atoms with Crippen LogP contribution in [0.4, 0.5) is 0 Å². The van der Waals surface area contributed by atoms with E-state index in [9.17, 15) is 0 Å². The van der Waals surface area contributed by atoms with E-state index in [1.807, 2.05) is 12.1 Å². The number of furan rings is 2. The molecule has 260 valence electrons. The molecule has 0 saturated carbocycles. The van der Waals surface area contributed by atoms with Gasteiger partial charge in [0.05, 0.1) is 0 Å². The van der Waals surface area contributed by atoms with Crippen molar-refractivity contribution < 1.29 is 8.83 Å². The summed E-state index contributed by atoms with van der Waals surface area (Å²) in [6.07, 6.45) is 0. The van der Waals surface area contributed by atoms with Gasteiger partial charge in [0.25, 0.3) is 0 Å². The molecule has 0 unspecified atom stereocenters. The average Bonchev–Trinajstić information content (AvgIpc) is 3.84. The topological polar surface area (TPSA) is 26.3 Å². The lowest BCUT2D eigenvalue weighted by Crippen LogP contribution is -1.92. The van der Waals surface area contributed by atoms with Crippen molar-refractivity contribution in [1.82, 2.24) is 0 Å². The Morgan fingerprint density at radius 2 is 0.786 bits per heavy atom. The number of rotatable bonds is 4. The Labute approximate surface area is 322 Å². The fourth-order valence-corrected chi connectivity index (χ4v) is 9.19. The standard InChI is InChI=1S/C54H32O2/c1-2-17-37-33(13-1)14-12-24-41(37)51-42-19-3-5-21-44(42)52(45-22-6-4-20-43(45)51)47-30-29-38(54-53(47)46-23-8-10-26-49(46)56-54)36-16-11-15-34(31-36)35-27-28-40-39-18-7-9-25-48(39)55-50(40)32-35/h1-32H. The van der Waals surface area contributed by atoms with Crippen LogP contribution in [0.25, 0.3) is 121 Å². The SMILES string of the molecule is c1cc(-c2ccc3c(c2)oc2ccccc23)cc(-c2ccc(-c3c4ccccc4c(-c4cccc5ccccc45)c4ccccc34)c3c2oc2ccccc23)c1. The molecule has 10 aromatic carbocycles. The third kappa shape index (κ3) is 4.57. The first-order valence-corrected chi connectivity index (χ1v) is 19.2. The molecule has 0 spiro atoms. The third-order valence-electron chi connectivity index (χ3n) is 11.7. The summed E-state index contributed by atoms with van der Waals surface area (Å²) in [7, 11) is 0. The zero-order valence-corrected chi connectivity index (χ0v) is 30.3. The lowest BCUT2D eigenvalue weighted by molar-refractivity contribution is 0.669. The Kier molecular flexibility index (Phi) is 6.66. The van der Waals surface area contributed by atoms with E-state index in [2.05, 4.69) is 182 Å². The van der Waals surface area contributed by atoms with Crippen LogP contribution in [0.2, 0.25) is 0 Å². The average molecular weight is 713 g/mol. The van der Waals surface area contributed by atoms with E-state index in [4.69, 9.17) is 8.83 Å². The third-order valence-corrected chi connectivity index (χ3v) is 11.7. The van der Waals surface area contributed by atoms with Gasteiger partial charge in [-0.1, -0.05) is 158 Å². The van der Waals surface area contributed by atoms with Crippen LogP contribution in [0.3, 0.4) is 0 Å². The van der Waals surface area contributed by atoms with E-state index in [0.29, 0.717) is 0 Å². The first-order chi connectivity index (χ1) is 27.8. The summed E-state index contributed by atoms with van der Waals surface area (Å²) >= 11 is 0. The van der Waals surface area contributed by atoms with Crippen LogP contribution in [-0.2, 0) is 0 Å². The van der Waals surface area contributed by atoms with E-state index in [-0.39, 0.29) is 0 Å². The largest absolute Gasteiger partial charge is 0.456 e. The number of para-hydroxylation sites is 2. The van der Waals surface area contributed by atoms with Crippen molar-refractivity contribution in [2.45, 2.75) is 0 Å². The van der Waals surface area contributed by atoms with Gasteiger partial charge in [-0.3, -0.25) is 0 Å². The van der Waals surface area contributed by atoms with Crippen LogP contribution in [0, 0.1) is 0 Å². The quantitative estimate of drug-likeness (QED) is 0.170. The molecule has 2 aromatic heterocycles. The van der Waals surface area contributed by atoms with Crippen molar-refractivity contribution in [1.29, 1.82) is 0 Å². The lowest BCUT2D eigenvalue weighted by atomic mass is 9.83. The van der Waals surface area contributed by atoms with E-state index < -0.39 is 0 Å². The van der Waals surface area contributed by atoms with Crippen molar-refractivity contribution in [3.8, 4) is 44.5 Å². The van der Waals surface area contributed by atoms with Crippen LogP contribution in [0.5, 0.6) is 0 Å². The van der Waals surface area contributed by atoms with Gasteiger partial charge >= 0.3 is 0 Å². The first kappa shape index (κ1) is 31.0. The molecular formula is C54H32O2. The highest BCUT2D eigenvalue weighted by Gasteiger charge is 2.23. The molecule has 0 aliphatic heterocycles. The van der Waals surface area contributed by atoms with Crippen LogP contribution in [0.15, 0.2) is 203 Å². The fraction of sp³-hybridized carbons (Fsp3) is 0. The lowest BCUT2D eigenvalue weighted by Gasteiger charge is -2.19. The molecular weight excluding hydrogens is 681 g/mol. The molecule has 56 heavy (non-hydrogen) atoms. The van der Waals surface area contributed by atoms with Gasteiger partial charge in [-0.15, -0.1) is 0 Å². The maximum absolute atomic E-state index is 6.89. The van der Waals surface area contributed by atoms with Gasteiger partial charge in [-0.2, -0.15) is 0 Å². The molecule has 0 radical (unpaired) electrons. The van der Waals surface area contributed by atoms with Gasteiger partial charge in [-0.25, -0.2) is 0 Å². The first-order valence-electron chi connectivity index (χ1n) is 19.2. The van der Waals surface area contributed by atoms with E-state index in [0.717, 1.165) is 71.7 Å². The predicted molar refractivity (Wildman–Crippen MR) is 235 cm³/mol. The Bertz CT molecular complexity index is 3480. The number of hydrogen-bond acceptors (Lipinski definition) is 2. The second-order valence-corrected chi connectivity index (χ2v) is 14.7. The van der Waals surface area contributed by atoms with Crippen molar-refractivity contribution in [3.05, 3.63) is 194 Å².